The summed E-state index contributed by atoms with van der Waals surface area (Å²) in [6, 6.07) is 0. The molecule has 1 aromatic rings. The maximum atomic E-state index is 5.47. The van der Waals surface area contributed by atoms with Gasteiger partial charge in [-0.2, -0.15) is 10.2 Å². The van der Waals surface area contributed by atoms with Crippen molar-refractivity contribution in [2.75, 3.05) is 6.61 Å². The quantitative estimate of drug-likeness (QED) is 0.627. The normalized spacial score (nSPS) is 14.2. The van der Waals surface area contributed by atoms with Gasteiger partial charge in [-0.05, 0) is 13.3 Å². The molecule has 0 spiro atoms. The van der Waals surface area contributed by atoms with Gasteiger partial charge in [-0.25, -0.2) is 0 Å². The van der Waals surface area contributed by atoms with E-state index in [1.807, 2.05) is 6.92 Å². The van der Waals surface area contributed by atoms with E-state index in [0.717, 1.165) is 36.6 Å². The molecule has 3 heteroatoms. The fraction of sp³-hybridized carbons (Fsp3) is 0.556. The van der Waals surface area contributed by atoms with E-state index in [2.05, 4.69) is 17.1 Å². The lowest BCUT2D eigenvalue weighted by atomic mass is 10.1. The van der Waals surface area contributed by atoms with Crippen LogP contribution in [0.4, 0.5) is 0 Å². The molecule has 0 bridgehead atoms. The van der Waals surface area contributed by atoms with Gasteiger partial charge < -0.3 is 4.74 Å². The van der Waals surface area contributed by atoms with Crippen molar-refractivity contribution in [3.8, 4) is 5.75 Å². The minimum atomic E-state index is 0.788. The first kappa shape index (κ1) is 7.53. The average Bonchev–Trinajstić information content (AvgIpc) is 2.54. The summed E-state index contributed by atoms with van der Waals surface area (Å²) in [5.41, 5.74) is 3.28. The molecule has 0 N–H and O–H groups in total. The highest BCUT2D eigenvalue weighted by molar-refractivity contribution is 5.41. The molecule has 0 atom stereocenters. The van der Waals surface area contributed by atoms with Crippen LogP contribution >= 0.6 is 0 Å². The number of hydrogen-bond donors (Lipinski definition) is 0. The number of hydrogen-bond acceptors (Lipinski definition) is 3. The topological polar surface area (TPSA) is 35.0 Å². The highest BCUT2D eigenvalue weighted by Crippen LogP contribution is 2.29. The van der Waals surface area contributed by atoms with Crippen LogP contribution in [-0.2, 0) is 12.8 Å². The predicted molar refractivity (Wildman–Crippen MR) is 45.3 cm³/mol. The Bertz CT molecular complexity index is 310. The van der Waals surface area contributed by atoms with E-state index in [-0.39, 0.29) is 0 Å². The summed E-state index contributed by atoms with van der Waals surface area (Å²) in [6.45, 7) is 4.82. The first-order chi connectivity index (χ1) is 5.83. The van der Waals surface area contributed by atoms with Crippen LogP contribution in [-0.4, -0.2) is 16.8 Å². The van der Waals surface area contributed by atoms with Crippen molar-refractivity contribution in [2.24, 2.45) is 0 Å². The van der Waals surface area contributed by atoms with Crippen molar-refractivity contribution in [3.05, 3.63) is 17.0 Å². The second-order valence-corrected chi connectivity index (χ2v) is 2.99. The Kier molecular flexibility index (Phi) is 1.71. The minimum Gasteiger partial charge on any atom is -0.491 e. The summed E-state index contributed by atoms with van der Waals surface area (Å²) in [7, 11) is 0. The van der Waals surface area contributed by atoms with E-state index in [0.29, 0.717) is 0 Å². The van der Waals surface area contributed by atoms with Crippen molar-refractivity contribution in [1.29, 1.82) is 0 Å². The van der Waals surface area contributed by atoms with Gasteiger partial charge in [-0.3, -0.25) is 0 Å². The van der Waals surface area contributed by atoms with E-state index in [1.54, 1.807) is 0 Å². The zero-order chi connectivity index (χ0) is 8.55. The van der Waals surface area contributed by atoms with Crippen LogP contribution in [0.2, 0.25) is 0 Å². The Balaban J connectivity index is 2.57. The van der Waals surface area contributed by atoms with Crippen LogP contribution in [0.3, 0.4) is 0 Å². The standard InChI is InChI=1S/C9H12N2O/c1-3-8-7-4-5-12-9(7)6(2)10-11-8/h3-5H2,1-2H3. The molecule has 0 radical (unpaired) electrons. The predicted octanol–water partition coefficient (Wildman–Crippen LogP) is 1.28. The largest absolute Gasteiger partial charge is 0.491 e. The van der Waals surface area contributed by atoms with E-state index in [4.69, 9.17) is 4.74 Å². The van der Waals surface area contributed by atoms with Crippen molar-refractivity contribution in [1.82, 2.24) is 10.2 Å². The van der Waals surface area contributed by atoms with E-state index in [1.165, 1.54) is 5.56 Å². The van der Waals surface area contributed by atoms with Crippen molar-refractivity contribution < 1.29 is 4.74 Å². The van der Waals surface area contributed by atoms with Crippen molar-refractivity contribution in [2.45, 2.75) is 26.7 Å². The zero-order valence-corrected chi connectivity index (χ0v) is 7.42. The van der Waals surface area contributed by atoms with Crippen LogP contribution in [0.1, 0.15) is 23.9 Å². The Morgan fingerprint density at radius 1 is 1.42 bits per heavy atom. The van der Waals surface area contributed by atoms with Gasteiger partial charge in [0.25, 0.3) is 0 Å². The number of rotatable bonds is 1. The van der Waals surface area contributed by atoms with E-state index < -0.39 is 0 Å². The summed E-state index contributed by atoms with van der Waals surface area (Å²) < 4.78 is 5.47. The van der Waals surface area contributed by atoms with Gasteiger partial charge in [0.1, 0.15) is 11.4 Å². The van der Waals surface area contributed by atoms with Crippen LogP contribution in [0.5, 0.6) is 5.75 Å². The summed E-state index contributed by atoms with van der Waals surface area (Å²) in [6.07, 6.45) is 1.94. The summed E-state index contributed by atoms with van der Waals surface area (Å²) in [4.78, 5) is 0. The second kappa shape index (κ2) is 2.73. The van der Waals surface area contributed by atoms with Crippen molar-refractivity contribution in [3.63, 3.8) is 0 Å². The molecule has 2 heterocycles. The second-order valence-electron chi connectivity index (χ2n) is 2.99. The molecule has 0 fully saturated rings. The Morgan fingerprint density at radius 3 is 3.00 bits per heavy atom. The van der Waals surface area contributed by atoms with Gasteiger partial charge in [0, 0.05) is 12.0 Å². The molecule has 0 unspecified atom stereocenters. The first-order valence-electron chi connectivity index (χ1n) is 4.30. The molecule has 0 amide bonds. The maximum absolute atomic E-state index is 5.47. The van der Waals surface area contributed by atoms with Gasteiger partial charge in [-0.15, -0.1) is 0 Å². The third-order valence-corrected chi connectivity index (χ3v) is 2.21. The van der Waals surface area contributed by atoms with Gasteiger partial charge >= 0.3 is 0 Å². The number of aromatic nitrogens is 2. The van der Waals surface area contributed by atoms with Gasteiger partial charge in [-0.1, -0.05) is 6.92 Å². The molecule has 0 aliphatic carbocycles. The van der Waals surface area contributed by atoms with Crippen molar-refractivity contribution >= 4 is 0 Å². The molecule has 0 aromatic carbocycles. The molecule has 0 saturated carbocycles. The molecular weight excluding hydrogens is 152 g/mol. The van der Waals surface area contributed by atoms with Crippen LogP contribution in [0.25, 0.3) is 0 Å². The lowest BCUT2D eigenvalue weighted by molar-refractivity contribution is 0.352. The van der Waals surface area contributed by atoms with Crippen LogP contribution in [0, 0.1) is 6.92 Å². The Morgan fingerprint density at radius 2 is 2.25 bits per heavy atom. The SMILES string of the molecule is CCc1nnc(C)c2c1CCO2. The van der Waals surface area contributed by atoms with E-state index >= 15 is 0 Å². The minimum absolute atomic E-state index is 0.788. The van der Waals surface area contributed by atoms with Crippen LogP contribution < -0.4 is 4.74 Å². The zero-order valence-electron chi connectivity index (χ0n) is 7.42. The number of nitrogens with zero attached hydrogens (tertiary/aromatic N) is 2. The molecule has 1 aromatic heterocycles. The Hall–Kier alpha value is -1.12. The summed E-state index contributed by atoms with van der Waals surface area (Å²) >= 11 is 0. The number of ether oxygens (including phenoxy) is 1. The summed E-state index contributed by atoms with van der Waals surface area (Å²) in [5, 5.41) is 8.18. The average molecular weight is 164 g/mol. The fourth-order valence-electron chi connectivity index (χ4n) is 1.58. The van der Waals surface area contributed by atoms with Crippen LogP contribution in [0.15, 0.2) is 0 Å². The first-order valence-corrected chi connectivity index (χ1v) is 4.30. The fourth-order valence-corrected chi connectivity index (χ4v) is 1.58. The highest BCUT2D eigenvalue weighted by Gasteiger charge is 2.19. The molecule has 3 nitrogen and oxygen atoms in total. The molecule has 12 heavy (non-hydrogen) atoms. The molecule has 2 rings (SSSR count). The third kappa shape index (κ3) is 0.967. The molecule has 1 aliphatic rings. The molecule has 1 aliphatic heterocycles. The Labute approximate surface area is 71.8 Å². The van der Waals surface area contributed by atoms with Gasteiger partial charge in [0.2, 0.25) is 0 Å². The smallest absolute Gasteiger partial charge is 0.147 e. The lowest BCUT2D eigenvalue weighted by Crippen LogP contribution is -1.98. The molecular formula is C9H12N2O. The number of aryl methyl sites for hydroxylation is 2. The van der Waals surface area contributed by atoms with E-state index in [9.17, 15) is 0 Å². The van der Waals surface area contributed by atoms with Gasteiger partial charge in [0.15, 0.2) is 0 Å². The summed E-state index contributed by atoms with van der Waals surface area (Å²) in [5.74, 6) is 0.974. The molecule has 64 valence electrons. The van der Waals surface area contributed by atoms with Gasteiger partial charge in [0.05, 0.1) is 12.3 Å². The third-order valence-electron chi connectivity index (χ3n) is 2.21. The maximum Gasteiger partial charge on any atom is 0.147 e. The highest BCUT2D eigenvalue weighted by atomic mass is 16.5. The number of fused-ring (bicyclic) bond motifs is 1. The monoisotopic (exact) mass is 164 g/mol. The lowest BCUT2D eigenvalue weighted by Gasteiger charge is -2.04. The molecule has 0 saturated heterocycles.